The second-order valence-corrected chi connectivity index (χ2v) is 17.3. The van der Waals surface area contributed by atoms with Crippen LogP contribution < -0.4 is 27.0 Å². The Kier molecular flexibility index (Phi) is 15.7. The van der Waals surface area contributed by atoms with Crippen molar-refractivity contribution in [2.24, 2.45) is 46.2 Å². The van der Waals surface area contributed by atoms with E-state index in [0.29, 0.717) is 35.6 Å². The molecule has 4 saturated carbocycles. The van der Waals surface area contributed by atoms with Crippen molar-refractivity contribution in [1.82, 2.24) is 21.3 Å². The Labute approximate surface area is 310 Å². The minimum absolute atomic E-state index is 0.0356. The minimum atomic E-state index is -0.640. The molecule has 0 heterocycles. The topological polar surface area (TPSA) is 118 Å². The molecule has 1 aromatic carbocycles. The number of hydrogen-bond donors (Lipinski definition) is 5. The smallest absolute Gasteiger partial charge is 0.328 e. The van der Waals surface area contributed by atoms with Gasteiger partial charge in [0.05, 0.1) is 7.11 Å². The average Bonchev–Trinajstić information content (AvgIpc) is 3.47. The Morgan fingerprint density at radius 2 is 1.53 bits per heavy atom. The van der Waals surface area contributed by atoms with Crippen LogP contribution in [0.4, 0.5) is 0 Å². The molecule has 1 aromatic rings. The van der Waals surface area contributed by atoms with Crippen molar-refractivity contribution in [2.45, 2.75) is 135 Å². The molecule has 8 nitrogen and oxygen atoms in total. The van der Waals surface area contributed by atoms with Crippen LogP contribution in [0.5, 0.6) is 0 Å². The van der Waals surface area contributed by atoms with E-state index in [0.717, 1.165) is 87.8 Å². The summed E-state index contributed by atoms with van der Waals surface area (Å²) in [6, 6.07) is 9.90. The zero-order chi connectivity index (χ0) is 36.1. The first kappa shape index (κ1) is 40.2. The third kappa shape index (κ3) is 10.6. The first-order valence-corrected chi connectivity index (χ1v) is 21.0. The van der Waals surface area contributed by atoms with Gasteiger partial charge in [0.25, 0.3) is 0 Å². The lowest BCUT2D eigenvalue weighted by Crippen LogP contribution is -2.55. The quantitative estimate of drug-likeness (QED) is 0.0745. The normalized spacial score (nSPS) is 32.0. The molecular weight excluding hydrogens is 635 g/mol. The van der Waals surface area contributed by atoms with E-state index < -0.39 is 6.04 Å². The van der Waals surface area contributed by atoms with Crippen LogP contribution in [0, 0.1) is 40.4 Å². The van der Waals surface area contributed by atoms with Crippen LogP contribution in [0.1, 0.15) is 122 Å². The molecule has 4 aliphatic carbocycles. The Balaban J connectivity index is 1.01. The number of carbonyl (C=O) groups is 2. The van der Waals surface area contributed by atoms with E-state index in [1.165, 1.54) is 84.2 Å². The molecule has 6 N–H and O–H groups in total. The summed E-state index contributed by atoms with van der Waals surface area (Å²) in [7, 11) is 1.39. The van der Waals surface area contributed by atoms with Crippen LogP contribution in [0.2, 0.25) is 0 Å². The number of carbonyl (C=O) groups excluding carboxylic acids is 2. The molecular formula is C43H73N5O3. The van der Waals surface area contributed by atoms with Gasteiger partial charge in [-0.3, -0.25) is 4.79 Å². The number of rotatable bonds is 21. The van der Waals surface area contributed by atoms with Crippen LogP contribution in [0.3, 0.4) is 0 Å². The molecule has 0 aliphatic heterocycles. The number of amides is 1. The minimum Gasteiger partial charge on any atom is -0.467 e. The summed E-state index contributed by atoms with van der Waals surface area (Å²) in [6.45, 7) is 11.6. The third-order valence-electron chi connectivity index (χ3n) is 14.4. The Morgan fingerprint density at radius 3 is 2.27 bits per heavy atom. The van der Waals surface area contributed by atoms with Crippen LogP contribution in [-0.4, -0.2) is 70.3 Å². The van der Waals surface area contributed by atoms with Gasteiger partial charge in [-0.1, -0.05) is 44.2 Å². The van der Waals surface area contributed by atoms with E-state index in [4.69, 9.17) is 10.5 Å². The summed E-state index contributed by atoms with van der Waals surface area (Å²) in [6.07, 6.45) is 20.1. The highest BCUT2D eigenvalue weighted by molar-refractivity contribution is 5.84. The van der Waals surface area contributed by atoms with Gasteiger partial charge in [0, 0.05) is 18.9 Å². The molecule has 0 aromatic heterocycles. The predicted molar refractivity (Wildman–Crippen MR) is 208 cm³/mol. The van der Waals surface area contributed by atoms with E-state index in [9.17, 15) is 9.59 Å². The highest BCUT2D eigenvalue weighted by Crippen LogP contribution is 2.67. The summed E-state index contributed by atoms with van der Waals surface area (Å²) >= 11 is 0. The number of fused-ring (bicyclic) bond motifs is 5. The number of nitrogens with two attached hydrogens (primary N) is 1. The molecule has 0 saturated heterocycles. The van der Waals surface area contributed by atoms with Crippen LogP contribution in [-0.2, 0) is 20.7 Å². The van der Waals surface area contributed by atoms with Crippen LogP contribution in [0.25, 0.3) is 0 Å². The van der Waals surface area contributed by atoms with Gasteiger partial charge in [-0.25, -0.2) is 4.79 Å². The lowest BCUT2D eigenvalue weighted by Gasteiger charge is -2.61. The SMILES string of the molecule is COC(=O)C(Cc1ccccc1)NC(=O)CCCC1CCC2C3CCC4CC(NCCCNCCCCNCCCN)CCC4(C)C3CCC12C. The second-order valence-electron chi connectivity index (χ2n) is 17.3. The second kappa shape index (κ2) is 19.9. The van der Waals surface area contributed by atoms with E-state index in [-0.39, 0.29) is 11.9 Å². The number of methoxy groups -OCH3 is 1. The molecule has 288 valence electrons. The number of ether oxygens (including phenoxy) is 1. The summed E-state index contributed by atoms with van der Waals surface area (Å²) in [5, 5.41) is 14.1. The maximum Gasteiger partial charge on any atom is 0.328 e. The van der Waals surface area contributed by atoms with Gasteiger partial charge < -0.3 is 31.7 Å². The number of unbranched alkanes of at least 4 members (excludes halogenated alkanes) is 1. The standard InChI is InChI=1S/C43H73N5O3/c1-42-23-21-38-36(18-16-34-31-35(20-22-43(34,38)2)47-29-11-28-46-26-8-7-25-45-27-10-24-44)37(42)19-17-33(42)14-9-15-40(49)48-39(41(50)51-3)30-32-12-5-4-6-13-32/h4-6,12-13,33-39,45-47H,7-11,14-31,44H2,1-3H3,(H,48,49). The van der Waals surface area contributed by atoms with E-state index in [1.807, 2.05) is 30.3 Å². The molecule has 8 heteroatoms. The average molecular weight is 708 g/mol. The number of hydrogen-bond acceptors (Lipinski definition) is 7. The van der Waals surface area contributed by atoms with Crippen molar-refractivity contribution in [3.63, 3.8) is 0 Å². The van der Waals surface area contributed by atoms with Crippen molar-refractivity contribution >= 4 is 11.9 Å². The van der Waals surface area contributed by atoms with Crippen LogP contribution in [0.15, 0.2) is 30.3 Å². The highest BCUT2D eigenvalue weighted by Gasteiger charge is 2.59. The lowest BCUT2D eigenvalue weighted by molar-refractivity contribution is -0.145. The zero-order valence-corrected chi connectivity index (χ0v) is 32.5. The maximum atomic E-state index is 13.0. The van der Waals surface area contributed by atoms with Crippen molar-refractivity contribution in [1.29, 1.82) is 0 Å². The lowest BCUT2D eigenvalue weighted by atomic mass is 9.44. The Morgan fingerprint density at radius 1 is 0.824 bits per heavy atom. The van der Waals surface area contributed by atoms with Gasteiger partial charge >= 0.3 is 5.97 Å². The van der Waals surface area contributed by atoms with Gasteiger partial charge in [0.15, 0.2) is 0 Å². The van der Waals surface area contributed by atoms with Gasteiger partial charge in [-0.05, 0) is 182 Å². The van der Waals surface area contributed by atoms with Gasteiger partial charge in [0.1, 0.15) is 6.04 Å². The molecule has 9 atom stereocenters. The first-order chi connectivity index (χ1) is 24.8. The summed E-state index contributed by atoms with van der Waals surface area (Å²) in [5.74, 6) is 3.79. The highest BCUT2D eigenvalue weighted by atomic mass is 16.5. The monoisotopic (exact) mass is 708 g/mol. The summed E-state index contributed by atoms with van der Waals surface area (Å²) < 4.78 is 5.02. The van der Waals surface area contributed by atoms with E-state index in [1.54, 1.807) is 0 Å². The molecule has 5 rings (SSSR count). The fraction of sp³-hybridized carbons (Fsp3) is 0.814. The first-order valence-electron chi connectivity index (χ1n) is 21.0. The fourth-order valence-electron chi connectivity index (χ4n) is 11.5. The largest absolute Gasteiger partial charge is 0.467 e. The van der Waals surface area contributed by atoms with Crippen molar-refractivity contribution in [2.75, 3.05) is 46.4 Å². The fourth-order valence-corrected chi connectivity index (χ4v) is 11.5. The van der Waals surface area contributed by atoms with Gasteiger partial charge in [-0.2, -0.15) is 0 Å². The maximum absolute atomic E-state index is 13.0. The van der Waals surface area contributed by atoms with E-state index >= 15 is 0 Å². The van der Waals surface area contributed by atoms with E-state index in [2.05, 4.69) is 35.1 Å². The summed E-state index contributed by atoms with van der Waals surface area (Å²) in [4.78, 5) is 25.5. The van der Waals surface area contributed by atoms with Gasteiger partial charge in [0.2, 0.25) is 5.91 Å². The van der Waals surface area contributed by atoms with Crippen molar-refractivity contribution in [3.8, 4) is 0 Å². The van der Waals surface area contributed by atoms with Gasteiger partial charge in [-0.15, -0.1) is 0 Å². The number of benzene rings is 1. The molecule has 4 aliphatic rings. The molecule has 9 unspecified atom stereocenters. The zero-order valence-electron chi connectivity index (χ0n) is 32.5. The van der Waals surface area contributed by atoms with Crippen LogP contribution >= 0.6 is 0 Å². The molecule has 1 amide bonds. The molecule has 0 radical (unpaired) electrons. The number of esters is 1. The number of nitrogens with one attached hydrogen (secondary N) is 4. The third-order valence-corrected chi connectivity index (χ3v) is 14.4. The molecule has 0 spiro atoms. The Hall–Kier alpha value is -2.00. The summed E-state index contributed by atoms with van der Waals surface area (Å²) in [5.41, 5.74) is 7.49. The molecule has 51 heavy (non-hydrogen) atoms. The predicted octanol–water partition coefficient (Wildman–Crippen LogP) is 6.37. The van der Waals surface area contributed by atoms with Crippen molar-refractivity contribution in [3.05, 3.63) is 35.9 Å². The molecule has 4 fully saturated rings. The Bertz CT molecular complexity index is 1200. The molecule has 0 bridgehead atoms. The van der Waals surface area contributed by atoms with Crippen molar-refractivity contribution < 1.29 is 14.3 Å².